The fraction of sp³-hybridized carbons (Fsp3) is 0.368. The van der Waals surface area contributed by atoms with E-state index in [1.165, 1.54) is 18.2 Å². The van der Waals surface area contributed by atoms with E-state index in [9.17, 15) is 13.2 Å². The van der Waals surface area contributed by atoms with E-state index in [0.717, 1.165) is 17.2 Å². The molecule has 0 fully saturated rings. The molecule has 118 valence electrons. The summed E-state index contributed by atoms with van der Waals surface area (Å²) < 4.78 is 41.7. The summed E-state index contributed by atoms with van der Waals surface area (Å²) in [5.74, 6) is -1.42. The van der Waals surface area contributed by atoms with Crippen LogP contribution in [0.4, 0.5) is 13.2 Å². The van der Waals surface area contributed by atoms with Crippen LogP contribution in [-0.4, -0.2) is 0 Å². The number of aryl methyl sites for hydroxylation is 1. The molecule has 2 aromatic rings. The molecule has 0 bridgehead atoms. The van der Waals surface area contributed by atoms with E-state index in [4.69, 9.17) is 0 Å². The van der Waals surface area contributed by atoms with Crippen molar-refractivity contribution in [3.8, 4) is 0 Å². The lowest BCUT2D eigenvalue weighted by Crippen LogP contribution is -2.23. The fourth-order valence-electron chi connectivity index (χ4n) is 2.95. The van der Waals surface area contributed by atoms with Gasteiger partial charge in [-0.1, -0.05) is 33.8 Å². The third kappa shape index (κ3) is 3.03. The molecule has 0 amide bonds. The van der Waals surface area contributed by atoms with E-state index in [0.29, 0.717) is 11.1 Å². The lowest BCUT2D eigenvalue weighted by atomic mass is 9.75. The molecule has 0 aliphatic heterocycles. The summed E-state index contributed by atoms with van der Waals surface area (Å²) in [6.45, 7) is 9.40. The summed E-state index contributed by atoms with van der Waals surface area (Å²) in [7, 11) is 0. The molecule has 2 rings (SSSR count). The third-order valence-electron chi connectivity index (χ3n) is 4.19. The highest BCUT2D eigenvalue weighted by Gasteiger charge is 2.29. The SMILES string of the molecule is Cc1cc(C(C)C)cc(F)c1C(C)(C)c1cc(F)cc(F)c1. The molecular formula is C19H21F3. The zero-order valence-electron chi connectivity index (χ0n) is 13.6. The standard InChI is InChI=1S/C19H21F3/c1-11(2)13-6-12(3)18(17(22)7-13)19(4,5)14-8-15(20)10-16(21)9-14/h6-11H,1-5H3. The van der Waals surface area contributed by atoms with Crippen LogP contribution in [0, 0.1) is 24.4 Å². The molecule has 0 spiro atoms. The van der Waals surface area contributed by atoms with Gasteiger partial charge >= 0.3 is 0 Å². The maximum Gasteiger partial charge on any atom is 0.127 e. The molecule has 0 aliphatic carbocycles. The van der Waals surface area contributed by atoms with Crippen molar-refractivity contribution in [2.24, 2.45) is 0 Å². The zero-order valence-corrected chi connectivity index (χ0v) is 13.6. The lowest BCUT2D eigenvalue weighted by molar-refractivity contribution is 0.527. The Morgan fingerprint density at radius 3 is 1.86 bits per heavy atom. The Balaban J connectivity index is 2.63. The Morgan fingerprint density at radius 1 is 0.864 bits per heavy atom. The van der Waals surface area contributed by atoms with Gasteiger partial charge in [0.2, 0.25) is 0 Å². The predicted octanol–water partition coefficient (Wildman–Crippen LogP) is 5.86. The van der Waals surface area contributed by atoms with Crippen LogP contribution in [0.15, 0.2) is 30.3 Å². The fourth-order valence-corrected chi connectivity index (χ4v) is 2.95. The second-order valence-corrected chi connectivity index (χ2v) is 6.63. The maximum absolute atomic E-state index is 14.7. The van der Waals surface area contributed by atoms with Crippen molar-refractivity contribution < 1.29 is 13.2 Å². The highest BCUT2D eigenvalue weighted by Crippen LogP contribution is 2.37. The summed E-state index contributed by atoms with van der Waals surface area (Å²) in [6, 6.07) is 6.81. The first-order valence-corrected chi connectivity index (χ1v) is 7.40. The Labute approximate surface area is 130 Å². The summed E-state index contributed by atoms with van der Waals surface area (Å²) in [5.41, 5.74) is 1.77. The quantitative estimate of drug-likeness (QED) is 0.666. The van der Waals surface area contributed by atoms with Gasteiger partial charge < -0.3 is 0 Å². The van der Waals surface area contributed by atoms with Gasteiger partial charge in [-0.05, 0) is 47.7 Å². The molecule has 0 N–H and O–H groups in total. The molecule has 0 atom stereocenters. The molecule has 0 saturated carbocycles. The first kappa shape index (κ1) is 16.6. The van der Waals surface area contributed by atoms with Crippen molar-refractivity contribution in [1.29, 1.82) is 0 Å². The van der Waals surface area contributed by atoms with Gasteiger partial charge in [-0.3, -0.25) is 0 Å². The van der Waals surface area contributed by atoms with Crippen LogP contribution in [0.2, 0.25) is 0 Å². The van der Waals surface area contributed by atoms with Crippen molar-refractivity contribution in [3.05, 3.63) is 70.0 Å². The molecule has 0 aromatic heterocycles. The van der Waals surface area contributed by atoms with Crippen LogP contribution < -0.4 is 0 Å². The Morgan fingerprint density at radius 2 is 1.41 bits per heavy atom. The maximum atomic E-state index is 14.7. The number of benzene rings is 2. The Bertz CT molecular complexity index is 657. The van der Waals surface area contributed by atoms with E-state index >= 15 is 0 Å². The molecule has 0 saturated heterocycles. The number of hydrogen-bond donors (Lipinski definition) is 0. The van der Waals surface area contributed by atoms with Gasteiger partial charge in [0.05, 0.1) is 0 Å². The van der Waals surface area contributed by atoms with Gasteiger partial charge in [-0.15, -0.1) is 0 Å². The minimum absolute atomic E-state index is 0.219. The van der Waals surface area contributed by atoms with Gasteiger partial charge in [0.1, 0.15) is 17.5 Å². The van der Waals surface area contributed by atoms with E-state index in [1.807, 2.05) is 26.8 Å². The van der Waals surface area contributed by atoms with Crippen molar-refractivity contribution in [3.63, 3.8) is 0 Å². The van der Waals surface area contributed by atoms with Crippen molar-refractivity contribution >= 4 is 0 Å². The number of halogens is 3. The normalized spacial score (nSPS) is 12.0. The van der Waals surface area contributed by atoms with E-state index < -0.39 is 17.0 Å². The molecule has 0 aliphatic rings. The molecule has 0 unspecified atom stereocenters. The van der Waals surface area contributed by atoms with Crippen LogP contribution in [0.1, 0.15) is 55.9 Å². The second kappa shape index (κ2) is 5.79. The summed E-state index contributed by atoms with van der Waals surface area (Å²) >= 11 is 0. The Hall–Kier alpha value is -1.77. The summed E-state index contributed by atoms with van der Waals surface area (Å²) in [6.07, 6.45) is 0. The Kier molecular flexibility index (Phi) is 4.37. The zero-order chi connectivity index (χ0) is 16.7. The van der Waals surface area contributed by atoms with Gasteiger partial charge in [-0.2, -0.15) is 0 Å². The monoisotopic (exact) mass is 306 g/mol. The molecule has 3 heteroatoms. The average Bonchev–Trinajstić information content (AvgIpc) is 2.36. The lowest BCUT2D eigenvalue weighted by Gasteiger charge is -2.29. The smallest absolute Gasteiger partial charge is 0.127 e. The van der Waals surface area contributed by atoms with Gasteiger partial charge in [-0.25, -0.2) is 13.2 Å². The minimum atomic E-state index is -0.827. The molecular weight excluding hydrogens is 285 g/mol. The van der Waals surface area contributed by atoms with E-state index in [2.05, 4.69) is 0 Å². The number of hydrogen-bond acceptors (Lipinski definition) is 0. The van der Waals surface area contributed by atoms with Crippen LogP contribution in [-0.2, 0) is 5.41 Å². The predicted molar refractivity (Wildman–Crippen MR) is 83.7 cm³/mol. The molecule has 0 nitrogen and oxygen atoms in total. The van der Waals surface area contributed by atoms with Crippen molar-refractivity contribution in [2.45, 2.75) is 46.0 Å². The van der Waals surface area contributed by atoms with Crippen molar-refractivity contribution in [2.75, 3.05) is 0 Å². The minimum Gasteiger partial charge on any atom is -0.207 e. The first-order chi connectivity index (χ1) is 10.1. The molecule has 0 radical (unpaired) electrons. The van der Waals surface area contributed by atoms with Crippen molar-refractivity contribution in [1.82, 2.24) is 0 Å². The number of rotatable bonds is 3. The van der Waals surface area contributed by atoms with Crippen LogP contribution in [0.3, 0.4) is 0 Å². The third-order valence-corrected chi connectivity index (χ3v) is 4.19. The highest BCUT2D eigenvalue weighted by atomic mass is 19.1. The first-order valence-electron chi connectivity index (χ1n) is 7.40. The topological polar surface area (TPSA) is 0 Å². The summed E-state index contributed by atoms with van der Waals surface area (Å²) in [5, 5.41) is 0. The van der Waals surface area contributed by atoms with E-state index in [-0.39, 0.29) is 11.7 Å². The molecule has 2 aromatic carbocycles. The average molecular weight is 306 g/mol. The second-order valence-electron chi connectivity index (χ2n) is 6.63. The van der Waals surface area contributed by atoms with Gasteiger partial charge in [0.15, 0.2) is 0 Å². The van der Waals surface area contributed by atoms with Crippen LogP contribution in [0.5, 0.6) is 0 Å². The largest absolute Gasteiger partial charge is 0.207 e. The van der Waals surface area contributed by atoms with Crippen LogP contribution in [0.25, 0.3) is 0 Å². The summed E-state index contributed by atoms with van der Waals surface area (Å²) in [4.78, 5) is 0. The molecule has 0 heterocycles. The van der Waals surface area contributed by atoms with Gasteiger partial charge in [0, 0.05) is 17.0 Å². The van der Waals surface area contributed by atoms with Crippen LogP contribution >= 0.6 is 0 Å². The highest BCUT2D eigenvalue weighted by molar-refractivity contribution is 5.45. The van der Waals surface area contributed by atoms with E-state index in [1.54, 1.807) is 13.8 Å². The van der Waals surface area contributed by atoms with Gasteiger partial charge in [0.25, 0.3) is 0 Å². The molecule has 22 heavy (non-hydrogen) atoms.